The molecule has 118 valence electrons. The Hall–Kier alpha value is 1.66. The molecule has 0 atom stereocenters. The van der Waals surface area contributed by atoms with E-state index in [0.29, 0.717) is 23.5 Å². The van der Waals surface area contributed by atoms with Gasteiger partial charge in [-0.2, -0.15) is 0 Å². The fourth-order valence-corrected chi connectivity index (χ4v) is 3.03. The summed E-state index contributed by atoms with van der Waals surface area (Å²) in [6.45, 7) is 4.79. The number of hydrogen-bond acceptors (Lipinski definition) is 2. The van der Waals surface area contributed by atoms with Crippen molar-refractivity contribution in [2.24, 2.45) is 0 Å². The molecule has 0 rings (SSSR count). The summed E-state index contributed by atoms with van der Waals surface area (Å²) in [6.07, 6.45) is 0. The van der Waals surface area contributed by atoms with Crippen molar-refractivity contribution in [2.75, 3.05) is 62.8 Å². The lowest BCUT2D eigenvalue weighted by Gasteiger charge is -2.27. The minimum absolute atomic E-state index is 0. The van der Waals surface area contributed by atoms with Crippen LogP contribution in [-0.2, 0) is 0 Å². The Balaban J connectivity index is 0. The van der Waals surface area contributed by atoms with Gasteiger partial charge in [0.1, 0.15) is 0 Å². The average molecular weight is 395 g/mol. The molecule has 0 spiro atoms. The van der Waals surface area contributed by atoms with Gasteiger partial charge in [0, 0.05) is 62.8 Å². The molecule has 0 aromatic rings. The lowest BCUT2D eigenvalue weighted by molar-refractivity contribution is 0.257. The highest BCUT2D eigenvalue weighted by Gasteiger charge is 2.15. The van der Waals surface area contributed by atoms with Crippen LogP contribution in [0.25, 0.3) is 0 Å². The van der Waals surface area contributed by atoms with Crippen LogP contribution in [0.15, 0.2) is 0 Å². The zero-order chi connectivity index (χ0) is 13.8. The largest absolute Gasteiger partial charge is 0.299 e. The highest BCUT2D eigenvalue weighted by atomic mass is 35.5. The van der Waals surface area contributed by atoms with E-state index in [1.165, 1.54) is 0 Å². The first-order chi connectivity index (χ1) is 8.67. The van der Waals surface area contributed by atoms with Gasteiger partial charge in [-0.1, -0.05) is 0 Å². The molecular formula is C11H22Cl6N2. The van der Waals surface area contributed by atoms with E-state index in [9.17, 15) is 0 Å². The van der Waals surface area contributed by atoms with Gasteiger partial charge in [0.25, 0.3) is 0 Å². The van der Waals surface area contributed by atoms with Crippen LogP contribution >= 0.6 is 70.4 Å². The summed E-state index contributed by atoms with van der Waals surface area (Å²) < 4.78 is 0. The Labute approximate surface area is 148 Å². The Morgan fingerprint density at radius 1 is 0.632 bits per heavy atom. The zero-order valence-electron chi connectivity index (χ0n) is 10.8. The van der Waals surface area contributed by atoms with E-state index in [1.807, 2.05) is 0 Å². The normalized spacial score (nSPS) is 11.4. The van der Waals surface area contributed by atoms with E-state index >= 15 is 0 Å². The van der Waals surface area contributed by atoms with Crippen molar-refractivity contribution in [3.8, 4) is 0 Å². The molecule has 0 aliphatic carbocycles. The SMILES string of the molecule is Cl.ClCCN(CCCl)CC(Cl)CN(CCCl)CCCl. The number of rotatable bonds is 12. The summed E-state index contributed by atoms with van der Waals surface area (Å²) >= 11 is 29.3. The first-order valence-corrected chi connectivity index (χ1v) is 8.58. The summed E-state index contributed by atoms with van der Waals surface area (Å²) in [5, 5.41) is 0.0304. The highest BCUT2D eigenvalue weighted by molar-refractivity contribution is 6.21. The first-order valence-electron chi connectivity index (χ1n) is 6.00. The second-order valence-corrected chi connectivity index (χ2v) is 6.08. The van der Waals surface area contributed by atoms with Gasteiger partial charge in [-0.15, -0.1) is 70.4 Å². The highest BCUT2D eigenvalue weighted by Crippen LogP contribution is 2.05. The van der Waals surface area contributed by atoms with Gasteiger partial charge in [-0.3, -0.25) is 9.80 Å². The van der Waals surface area contributed by atoms with Crippen LogP contribution in [-0.4, -0.2) is 78.0 Å². The predicted octanol–water partition coefficient (Wildman–Crippen LogP) is 3.57. The van der Waals surface area contributed by atoms with Crippen molar-refractivity contribution >= 4 is 70.4 Å². The van der Waals surface area contributed by atoms with E-state index in [4.69, 9.17) is 58.0 Å². The molecule has 0 N–H and O–H groups in total. The molecule has 0 saturated heterocycles. The van der Waals surface area contributed by atoms with Crippen molar-refractivity contribution in [3.63, 3.8) is 0 Å². The second-order valence-electron chi connectivity index (χ2n) is 3.95. The number of nitrogens with zero attached hydrogens (tertiary/aromatic N) is 2. The van der Waals surface area contributed by atoms with Crippen LogP contribution in [0.2, 0.25) is 0 Å². The molecule has 0 fully saturated rings. The monoisotopic (exact) mass is 392 g/mol. The quantitative estimate of drug-likeness (QED) is 0.467. The van der Waals surface area contributed by atoms with Crippen LogP contribution in [0.4, 0.5) is 0 Å². The maximum Gasteiger partial charge on any atom is 0.0590 e. The average Bonchev–Trinajstić information content (AvgIpc) is 2.30. The van der Waals surface area contributed by atoms with Crippen LogP contribution < -0.4 is 0 Å². The van der Waals surface area contributed by atoms with Crippen molar-refractivity contribution < 1.29 is 0 Å². The molecule has 19 heavy (non-hydrogen) atoms. The van der Waals surface area contributed by atoms with Gasteiger partial charge >= 0.3 is 0 Å². The Bertz CT molecular complexity index is 157. The summed E-state index contributed by atoms with van der Waals surface area (Å²) in [5.74, 6) is 2.36. The van der Waals surface area contributed by atoms with Crippen LogP contribution in [0.3, 0.4) is 0 Å². The van der Waals surface area contributed by atoms with Crippen LogP contribution in [0.5, 0.6) is 0 Å². The minimum atomic E-state index is 0. The van der Waals surface area contributed by atoms with Gasteiger partial charge in [0.2, 0.25) is 0 Å². The lowest BCUT2D eigenvalue weighted by Crippen LogP contribution is -2.40. The van der Waals surface area contributed by atoms with Gasteiger partial charge < -0.3 is 0 Å². The van der Waals surface area contributed by atoms with E-state index in [0.717, 1.165) is 39.3 Å². The molecule has 0 unspecified atom stereocenters. The van der Waals surface area contributed by atoms with Gasteiger partial charge in [0.05, 0.1) is 5.38 Å². The molecule has 0 aliphatic heterocycles. The molecule has 0 aromatic heterocycles. The number of halogens is 6. The van der Waals surface area contributed by atoms with E-state index in [2.05, 4.69) is 9.80 Å². The Kier molecular flexibility index (Phi) is 19.4. The molecule has 2 nitrogen and oxygen atoms in total. The van der Waals surface area contributed by atoms with Gasteiger partial charge in [-0.25, -0.2) is 0 Å². The standard InChI is InChI=1S/C11H21Cl5N2.ClH/c12-1-5-17(6-2-13)9-11(16)10-18(7-3-14)8-4-15;/h11H,1-10H2;1H. The molecule has 0 saturated carbocycles. The molecular weight excluding hydrogens is 373 g/mol. The molecule has 8 heteroatoms. The minimum Gasteiger partial charge on any atom is -0.299 e. The fourth-order valence-electron chi connectivity index (χ4n) is 1.68. The van der Waals surface area contributed by atoms with E-state index < -0.39 is 0 Å². The number of alkyl halides is 5. The van der Waals surface area contributed by atoms with Crippen LogP contribution in [0.1, 0.15) is 0 Å². The topological polar surface area (TPSA) is 6.48 Å². The van der Waals surface area contributed by atoms with Crippen molar-refractivity contribution in [2.45, 2.75) is 5.38 Å². The van der Waals surface area contributed by atoms with E-state index in [1.54, 1.807) is 0 Å². The smallest absolute Gasteiger partial charge is 0.0590 e. The Morgan fingerprint density at radius 3 is 1.11 bits per heavy atom. The van der Waals surface area contributed by atoms with Crippen LogP contribution in [0, 0.1) is 0 Å². The number of hydrogen-bond donors (Lipinski definition) is 0. The zero-order valence-corrected chi connectivity index (χ0v) is 15.4. The first kappa shape index (κ1) is 22.9. The molecule has 0 heterocycles. The molecule has 0 bridgehead atoms. The summed E-state index contributed by atoms with van der Waals surface area (Å²) in [6, 6.07) is 0. The lowest BCUT2D eigenvalue weighted by atomic mass is 10.3. The van der Waals surface area contributed by atoms with Crippen molar-refractivity contribution in [1.82, 2.24) is 9.80 Å². The third kappa shape index (κ3) is 13.1. The summed E-state index contributed by atoms with van der Waals surface area (Å²) in [5.41, 5.74) is 0. The molecule has 0 radical (unpaired) electrons. The molecule has 0 aromatic carbocycles. The maximum atomic E-state index is 6.36. The Morgan fingerprint density at radius 2 is 0.895 bits per heavy atom. The van der Waals surface area contributed by atoms with Gasteiger partial charge in [-0.05, 0) is 0 Å². The third-order valence-corrected chi connectivity index (χ3v) is 3.47. The maximum absolute atomic E-state index is 6.36. The fraction of sp³-hybridized carbons (Fsp3) is 1.00. The van der Waals surface area contributed by atoms with E-state index in [-0.39, 0.29) is 17.8 Å². The molecule has 0 amide bonds. The predicted molar refractivity (Wildman–Crippen MR) is 92.6 cm³/mol. The van der Waals surface area contributed by atoms with Crippen molar-refractivity contribution in [1.29, 1.82) is 0 Å². The van der Waals surface area contributed by atoms with Crippen molar-refractivity contribution in [3.05, 3.63) is 0 Å². The summed E-state index contributed by atoms with van der Waals surface area (Å²) in [4.78, 5) is 4.36. The van der Waals surface area contributed by atoms with Gasteiger partial charge in [0.15, 0.2) is 0 Å². The summed E-state index contributed by atoms with van der Waals surface area (Å²) in [7, 11) is 0. The molecule has 0 aliphatic rings. The third-order valence-electron chi connectivity index (χ3n) is 2.52. The second kappa shape index (κ2) is 16.0.